The number of nitrogens with one attached hydrogen (secondary N) is 1. The molecule has 0 aliphatic rings. The maximum Gasteiger partial charge on any atom is 0.175 e. The van der Waals surface area contributed by atoms with E-state index >= 15 is 0 Å². The van der Waals surface area contributed by atoms with Crippen molar-refractivity contribution >= 4 is 27.5 Å². The van der Waals surface area contributed by atoms with E-state index in [1.54, 1.807) is 13.2 Å². The smallest absolute Gasteiger partial charge is 0.175 e. The lowest BCUT2D eigenvalue weighted by atomic mass is 10.2. The summed E-state index contributed by atoms with van der Waals surface area (Å²) in [5.74, 6) is 1.40. The van der Waals surface area contributed by atoms with Crippen LogP contribution in [0.4, 0.5) is 0 Å². The van der Waals surface area contributed by atoms with Crippen LogP contribution < -0.4 is 14.8 Å². The van der Waals surface area contributed by atoms with Crippen molar-refractivity contribution in [3.63, 3.8) is 0 Å². The average molecular weight is 335 g/mol. The molecule has 0 aliphatic carbocycles. The van der Waals surface area contributed by atoms with Gasteiger partial charge in [-0.2, -0.15) is 0 Å². The van der Waals surface area contributed by atoms with E-state index in [0.29, 0.717) is 18.1 Å². The van der Waals surface area contributed by atoms with E-state index in [2.05, 4.69) is 28.2 Å². The Kier molecular flexibility index (Phi) is 7.16. The average Bonchev–Trinajstić information content (AvgIpc) is 2.38. The van der Waals surface area contributed by atoms with E-state index in [1.807, 2.05) is 12.1 Å². The molecular formula is C13H17BrClNO2. The minimum atomic E-state index is 0.408. The topological polar surface area (TPSA) is 30.5 Å². The molecule has 0 radical (unpaired) electrons. The highest BCUT2D eigenvalue weighted by Crippen LogP contribution is 2.36. The van der Waals surface area contributed by atoms with Gasteiger partial charge < -0.3 is 14.8 Å². The van der Waals surface area contributed by atoms with Gasteiger partial charge in [0.1, 0.15) is 6.61 Å². The lowest BCUT2D eigenvalue weighted by molar-refractivity contribution is 0.324. The molecule has 5 heteroatoms. The standard InChI is InChI=1S/C13H17BrClNO2/c1-3-16-9-10-7-11(14)13(12(8-10)17-2)18-6-4-5-15/h4-5,7-8,16H,3,6,9H2,1-2H3/b5-4+. The van der Waals surface area contributed by atoms with Crippen molar-refractivity contribution in [2.24, 2.45) is 0 Å². The Labute approximate surface area is 121 Å². The van der Waals surface area contributed by atoms with Crippen LogP contribution in [-0.2, 0) is 6.54 Å². The largest absolute Gasteiger partial charge is 0.493 e. The molecule has 0 aliphatic heterocycles. The third-order valence-corrected chi connectivity index (χ3v) is 3.05. The SMILES string of the molecule is CCNCc1cc(Br)c(OC/C=C/Cl)c(OC)c1. The van der Waals surface area contributed by atoms with Crippen LogP contribution in [0.5, 0.6) is 11.5 Å². The zero-order valence-electron chi connectivity index (χ0n) is 10.5. The van der Waals surface area contributed by atoms with E-state index in [-0.39, 0.29) is 0 Å². The van der Waals surface area contributed by atoms with Crippen molar-refractivity contribution in [2.75, 3.05) is 20.3 Å². The summed E-state index contributed by atoms with van der Waals surface area (Å²) in [6.07, 6.45) is 1.72. The number of hydrogen-bond acceptors (Lipinski definition) is 3. The Bertz CT molecular complexity index is 410. The van der Waals surface area contributed by atoms with Crippen molar-refractivity contribution in [2.45, 2.75) is 13.5 Å². The molecule has 1 aromatic rings. The fourth-order valence-electron chi connectivity index (χ4n) is 1.45. The summed E-state index contributed by atoms with van der Waals surface area (Å²) in [5, 5.41) is 3.27. The predicted molar refractivity (Wildman–Crippen MR) is 78.6 cm³/mol. The highest BCUT2D eigenvalue weighted by Gasteiger charge is 2.11. The summed E-state index contributed by atoms with van der Waals surface area (Å²) in [6.45, 7) is 4.21. The summed E-state index contributed by atoms with van der Waals surface area (Å²) in [5.41, 5.74) is 2.57. The van der Waals surface area contributed by atoms with Gasteiger partial charge in [0, 0.05) is 12.1 Å². The third-order valence-electron chi connectivity index (χ3n) is 2.28. The molecule has 1 N–H and O–H groups in total. The second-order valence-corrected chi connectivity index (χ2v) is 4.67. The Morgan fingerprint density at radius 1 is 1.44 bits per heavy atom. The first-order valence-electron chi connectivity index (χ1n) is 5.68. The molecule has 1 aromatic carbocycles. The molecule has 100 valence electrons. The highest BCUT2D eigenvalue weighted by molar-refractivity contribution is 9.10. The zero-order chi connectivity index (χ0) is 13.4. The second-order valence-electron chi connectivity index (χ2n) is 3.56. The van der Waals surface area contributed by atoms with E-state index in [0.717, 1.165) is 23.1 Å². The molecule has 0 saturated carbocycles. The number of halogens is 2. The lowest BCUT2D eigenvalue weighted by Gasteiger charge is -2.13. The molecule has 0 atom stereocenters. The highest BCUT2D eigenvalue weighted by atomic mass is 79.9. The molecule has 0 bridgehead atoms. The van der Waals surface area contributed by atoms with Gasteiger partial charge in [0.25, 0.3) is 0 Å². The minimum Gasteiger partial charge on any atom is -0.493 e. The molecule has 0 spiro atoms. The Morgan fingerprint density at radius 3 is 2.83 bits per heavy atom. The van der Waals surface area contributed by atoms with Gasteiger partial charge in [0.15, 0.2) is 11.5 Å². The van der Waals surface area contributed by atoms with Crippen LogP contribution in [0.1, 0.15) is 12.5 Å². The molecule has 1 rings (SSSR count). The monoisotopic (exact) mass is 333 g/mol. The van der Waals surface area contributed by atoms with Crippen molar-refractivity contribution in [3.8, 4) is 11.5 Å². The van der Waals surface area contributed by atoms with Crippen LogP contribution in [0.2, 0.25) is 0 Å². The van der Waals surface area contributed by atoms with E-state index in [9.17, 15) is 0 Å². The number of ether oxygens (including phenoxy) is 2. The number of rotatable bonds is 7. The second kappa shape index (κ2) is 8.40. The maximum absolute atomic E-state index is 5.60. The van der Waals surface area contributed by atoms with Crippen molar-refractivity contribution in [3.05, 3.63) is 33.8 Å². The van der Waals surface area contributed by atoms with Crippen LogP contribution in [0, 0.1) is 0 Å². The normalized spacial score (nSPS) is 10.9. The fourth-order valence-corrected chi connectivity index (χ4v) is 2.13. The Balaban J connectivity index is 2.89. The maximum atomic E-state index is 5.60. The van der Waals surface area contributed by atoms with Gasteiger partial charge in [-0.15, -0.1) is 0 Å². The first kappa shape index (κ1) is 15.3. The van der Waals surface area contributed by atoms with Gasteiger partial charge >= 0.3 is 0 Å². The predicted octanol–water partition coefficient (Wildman–Crippen LogP) is 3.70. The van der Waals surface area contributed by atoms with E-state index in [4.69, 9.17) is 21.1 Å². The third kappa shape index (κ3) is 4.52. The quantitative estimate of drug-likeness (QED) is 0.825. The van der Waals surface area contributed by atoms with Crippen LogP contribution in [-0.4, -0.2) is 20.3 Å². The summed E-state index contributed by atoms with van der Waals surface area (Å²) in [4.78, 5) is 0. The van der Waals surface area contributed by atoms with Crippen molar-refractivity contribution in [1.29, 1.82) is 0 Å². The molecule has 0 fully saturated rings. The molecule has 0 heterocycles. The van der Waals surface area contributed by atoms with Crippen LogP contribution >= 0.6 is 27.5 Å². The van der Waals surface area contributed by atoms with Crippen LogP contribution in [0.25, 0.3) is 0 Å². The molecule has 0 saturated heterocycles. The first-order chi connectivity index (χ1) is 8.72. The van der Waals surface area contributed by atoms with Gasteiger partial charge in [0.2, 0.25) is 0 Å². The summed E-state index contributed by atoms with van der Waals surface area (Å²) in [6, 6.07) is 3.98. The summed E-state index contributed by atoms with van der Waals surface area (Å²) in [7, 11) is 1.63. The molecule has 3 nitrogen and oxygen atoms in total. The summed E-state index contributed by atoms with van der Waals surface area (Å²) < 4.78 is 11.8. The number of hydrogen-bond donors (Lipinski definition) is 1. The van der Waals surface area contributed by atoms with Crippen molar-refractivity contribution < 1.29 is 9.47 Å². The van der Waals surface area contributed by atoms with Gasteiger partial charge in [0.05, 0.1) is 11.6 Å². The van der Waals surface area contributed by atoms with E-state index < -0.39 is 0 Å². The molecule has 0 amide bonds. The molecule has 0 unspecified atom stereocenters. The molecule has 0 aromatic heterocycles. The van der Waals surface area contributed by atoms with Gasteiger partial charge in [-0.3, -0.25) is 0 Å². The van der Waals surface area contributed by atoms with Crippen LogP contribution in [0.3, 0.4) is 0 Å². The van der Waals surface area contributed by atoms with Crippen LogP contribution in [0.15, 0.2) is 28.2 Å². The molecular weight excluding hydrogens is 318 g/mol. The fraction of sp³-hybridized carbons (Fsp3) is 0.385. The Hall–Kier alpha value is -0.710. The van der Waals surface area contributed by atoms with E-state index in [1.165, 1.54) is 5.54 Å². The Morgan fingerprint density at radius 2 is 2.22 bits per heavy atom. The van der Waals surface area contributed by atoms with Gasteiger partial charge in [-0.05, 0) is 46.2 Å². The molecule has 18 heavy (non-hydrogen) atoms. The number of benzene rings is 1. The summed E-state index contributed by atoms with van der Waals surface area (Å²) >= 11 is 8.94. The minimum absolute atomic E-state index is 0.408. The lowest BCUT2D eigenvalue weighted by Crippen LogP contribution is -2.12. The van der Waals surface area contributed by atoms with Crippen molar-refractivity contribution in [1.82, 2.24) is 5.32 Å². The van der Waals surface area contributed by atoms with Gasteiger partial charge in [-0.25, -0.2) is 0 Å². The first-order valence-corrected chi connectivity index (χ1v) is 6.91. The zero-order valence-corrected chi connectivity index (χ0v) is 12.8. The van der Waals surface area contributed by atoms with Gasteiger partial charge in [-0.1, -0.05) is 18.5 Å². The number of methoxy groups -OCH3 is 1.